The van der Waals surface area contributed by atoms with Crippen LogP contribution < -0.4 is 4.90 Å². The Labute approximate surface area is 106 Å². The molecule has 0 radical (unpaired) electrons. The van der Waals surface area contributed by atoms with Crippen molar-refractivity contribution in [3.05, 3.63) is 35.9 Å². The quantitative estimate of drug-likeness (QED) is 0.827. The molecule has 96 valence electrons. The van der Waals surface area contributed by atoms with E-state index in [2.05, 4.69) is 4.90 Å². The molecular formula is C14H17NO3. The lowest BCUT2D eigenvalue weighted by atomic mass is 10.2. The molecule has 1 aliphatic rings. The Bertz CT molecular complexity index is 439. The van der Waals surface area contributed by atoms with E-state index >= 15 is 0 Å². The molecule has 1 N–H and O–H groups in total. The molecule has 1 fully saturated rings. The van der Waals surface area contributed by atoms with Crippen molar-refractivity contribution >= 4 is 17.7 Å². The second-order valence-electron chi connectivity index (χ2n) is 4.36. The van der Waals surface area contributed by atoms with E-state index in [1.165, 1.54) is 0 Å². The standard InChI is InChI=1S/C14H17NO3/c1-18-13-8-9-15(10-13)12-5-2-11(3-6-12)4-7-14(16)17/h2-7,13H,8-10H2,1H3,(H,16,17)/b7-4+. The highest BCUT2D eigenvalue weighted by atomic mass is 16.5. The summed E-state index contributed by atoms with van der Waals surface area (Å²) in [6.45, 7) is 1.92. The van der Waals surface area contributed by atoms with Gasteiger partial charge in [0.1, 0.15) is 0 Å². The second-order valence-corrected chi connectivity index (χ2v) is 4.36. The van der Waals surface area contributed by atoms with Crippen molar-refractivity contribution in [3.63, 3.8) is 0 Å². The van der Waals surface area contributed by atoms with Crippen LogP contribution >= 0.6 is 0 Å². The highest BCUT2D eigenvalue weighted by Gasteiger charge is 2.21. The van der Waals surface area contributed by atoms with Crippen LogP contribution in [0, 0.1) is 0 Å². The summed E-state index contributed by atoms with van der Waals surface area (Å²) in [6, 6.07) is 7.88. The second kappa shape index (κ2) is 5.69. The maximum Gasteiger partial charge on any atom is 0.328 e. The van der Waals surface area contributed by atoms with Gasteiger partial charge in [-0.3, -0.25) is 0 Å². The van der Waals surface area contributed by atoms with Crippen molar-refractivity contribution in [1.82, 2.24) is 0 Å². The molecule has 1 heterocycles. The third kappa shape index (κ3) is 3.11. The molecule has 0 aliphatic carbocycles. The van der Waals surface area contributed by atoms with Crippen LogP contribution in [-0.4, -0.2) is 37.4 Å². The summed E-state index contributed by atoms with van der Waals surface area (Å²) in [5.74, 6) is -0.929. The first kappa shape index (κ1) is 12.6. The third-order valence-electron chi connectivity index (χ3n) is 3.15. The molecule has 0 spiro atoms. The number of nitrogens with zero attached hydrogens (tertiary/aromatic N) is 1. The van der Waals surface area contributed by atoms with Gasteiger partial charge in [-0.1, -0.05) is 12.1 Å². The van der Waals surface area contributed by atoms with Crippen LogP contribution in [0.3, 0.4) is 0 Å². The predicted octanol–water partition coefficient (Wildman–Crippen LogP) is 2.01. The minimum Gasteiger partial charge on any atom is -0.478 e. The van der Waals surface area contributed by atoms with Crippen LogP contribution in [0.5, 0.6) is 0 Å². The lowest BCUT2D eigenvalue weighted by Gasteiger charge is -2.18. The zero-order chi connectivity index (χ0) is 13.0. The summed E-state index contributed by atoms with van der Waals surface area (Å²) < 4.78 is 5.33. The first-order valence-electron chi connectivity index (χ1n) is 5.98. The van der Waals surface area contributed by atoms with Gasteiger partial charge in [0.2, 0.25) is 0 Å². The van der Waals surface area contributed by atoms with E-state index in [-0.39, 0.29) is 0 Å². The number of rotatable bonds is 4. The Kier molecular flexibility index (Phi) is 3.99. The average molecular weight is 247 g/mol. The van der Waals surface area contributed by atoms with Gasteiger partial charge in [-0.15, -0.1) is 0 Å². The number of ether oxygens (including phenoxy) is 1. The molecule has 1 aromatic rings. The molecule has 1 aromatic carbocycles. The van der Waals surface area contributed by atoms with Gasteiger partial charge in [0.05, 0.1) is 6.10 Å². The van der Waals surface area contributed by atoms with E-state index in [4.69, 9.17) is 9.84 Å². The van der Waals surface area contributed by atoms with Crippen molar-refractivity contribution in [3.8, 4) is 0 Å². The molecule has 1 saturated heterocycles. The van der Waals surface area contributed by atoms with Crippen LogP contribution in [0.1, 0.15) is 12.0 Å². The van der Waals surface area contributed by atoms with E-state index in [0.717, 1.165) is 36.8 Å². The minimum atomic E-state index is -0.929. The Morgan fingerprint density at radius 1 is 1.44 bits per heavy atom. The summed E-state index contributed by atoms with van der Waals surface area (Å²) >= 11 is 0. The largest absolute Gasteiger partial charge is 0.478 e. The summed E-state index contributed by atoms with van der Waals surface area (Å²) in [6.07, 6.45) is 4.11. The zero-order valence-electron chi connectivity index (χ0n) is 10.4. The number of carbonyl (C=O) groups is 1. The lowest BCUT2D eigenvalue weighted by Crippen LogP contribution is -2.21. The topological polar surface area (TPSA) is 49.8 Å². The fourth-order valence-electron chi connectivity index (χ4n) is 2.12. The van der Waals surface area contributed by atoms with Gasteiger partial charge in [-0.05, 0) is 30.2 Å². The number of anilines is 1. The van der Waals surface area contributed by atoms with Crippen LogP contribution in [0.4, 0.5) is 5.69 Å². The minimum absolute atomic E-state index is 0.316. The summed E-state index contributed by atoms with van der Waals surface area (Å²) in [5, 5.41) is 8.55. The Hall–Kier alpha value is -1.81. The number of aliphatic carboxylic acids is 1. The van der Waals surface area contributed by atoms with Crippen LogP contribution in [-0.2, 0) is 9.53 Å². The molecule has 4 heteroatoms. The monoisotopic (exact) mass is 247 g/mol. The number of carboxylic acid groups (broad SMARTS) is 1. The smallest absolute Gasteiger partial charge is 0.328 e. The van der Waals surface area contributed by atoms with Gasteiger partial charge in [-0.2, -0.15) is 0 Å². The molecule has 0 saturated carbocycles. The van der Waals surface area contributed by atoms with E-state index in [1.807, 2.05) is 24.3 Å². The maximum atomic E-state index is 10.4. The molecule has 1 unspecified atom stereocenters. The number of methoxy groups -OCH3 is 1. The molecular weight excluding hydrogens is 230 g/mol. The molecule has 0 amide bonds. The molecule has 0 bridgehead atoms. The van der Waals surface area contributed by atoms with Crippen molar-refractivity contribution in [2.24, 2.45) is 0 Å². The SMILES string of the molecule is COC1CCN(c2ccc(/C=C/C(=O)O)cc2)C1. The van der Waals surface area contributed by atoms with Gasteiger partial charge in [0, 0.05) is 32.0 Å². The van der Waals surface area contributed by atoms with Gasteiger partial charge < -0.3 is 14.7 Å². The van der Waals surface area contributed by atoms with Crippen molar-refractivity contribution in [2.45, 2.75) is 12.5 Å². The van der Waals surface area contributed by atoms with Crippen LogP contribution in [0.15, 0.2) is 30.3 Å². The fourth-order valence-corrected chi connectivity index (χ4v) is 2.12. The highest BCUT2D eigenvalue weighted by molar-refractivity contribution is 5.85. The Morgan fingerprint density at radius 3 is 2.72 bits per heavy atom. The Morgan fingerprint density at radius 2 is 2.17 bits per heavy atom. The number of benzene rings is 1. The Balaban J connectivity index is 2.02. The van der Waals surface area contributed by atoms with Crippen LogP contribution in [0.25, 0.3) is 6.08 Å². The summed E-state index contributed by atoms with van der Waals surface area (Å²) in [7, 11) is 1.74. The molecule has 2 rings (SSSR count). The first-order valence-corrected chi connectivity index (χ1v) is 5.98. The fraction of sp³-hybridized carbons (Fsp3) is 0.357. The van der Waals surface area contributed by atoms with Gasteiger partial charge in [0.15, 0.2) is 0 Å². The van der Waals surface area contributed by atoms with Gasteiger partial charge >= 0.3 is 5.97 Å². The number of hydrogen-bond donors (Lipinski definition) is 1. The molecule has 0 aromatic heterocycles. The molecule has 4 nitrogen and oxygen atoms in total. The highest BCUT2D eigenvalue weighted by Crippen LogP contribution is 2.22. The normalized spacial score (nSPS) is 19.6. The lowest BCUT2D eigenvalue weighted by molar-refractivity contribution is -0.131. The first-order chi connectivity index (χ1) is 8.69. The van der Waals surface area contributed by atoms with Crippen LogP contribution in [0.2, 0.25) is 0 Å². The van der Waals surface area contributed by atoms with E-state index in [9.17, 15) is 4.79 Å². The van der Waals surface area contributed by atoms with Gasteiger partial charge in [-0.25, -0.2) is 4.79 Å². The van der Waals surface area contributed by atoms with Crippen molar-refractivity contribution < 1.29 is 14.6 Å². The number of hydrogen-bond acceptors (Lipinski definition) is 3. The predicted molar refractivity (Wildman–Crippen MR) is 70.7 cm³/mol. The van der Waals surface area contributed by atoms with Crippen molar-refractivity contribution in [2.75, 3.05) is 25.1 Å². The van der Waals surface area contributed by atoms with Crippen molar-refractivity contribution in [1.29, 1.82) is 0 Å². The van der Waals surface area contributed by atoms with E-state index in [0.29, 0.717) is 6.10 Å². The molecule has 1 atom stereocenters. The van der Waals surface area contributed by atoms with E-state index in [1.54, 1.807) is 13.2 Å². The molecule has 18 heavy (non-hydrogen) atoms. The van der Waals surface area contributed by atoms with Gasteiger partial charge in [0.25, 0.3) is 0 Å². The number of carboxylic acids is 1. The maximum absolute atomic E-state index is 10.4. The third-order valence-corrected chi connectivity index (χ3v) is 3.15. The van der Waals surface area contributed by atoms with E-state index < -0.39 is 5.97 Å². The summed E-state index contributed by atoms with van der Waals surface area (Å²) in [4.78, 5) is 12.7. The summed E-state index contributed by atoms with van der Waals surface area (Å²) in [5.41, 5.74) is 2.05. The zero-order valence-corrected chi connectivity index (χ0v) is 10.4. The average Bonchev–Trinajstić information content (AvgIpc) is 2.85. The molecule has 1 aliphatic heterocycles.